The second-order valence-electron chi connectivity index (χ2n) is 5.98. The van der Waals surface area contributed by atoms with Gasteiger partial charge in [0.25, 0.3) is 10.0 Å². The number of halogens is 1. The van der Waals surface area contributed by atoms with E-state index in [4.69, 9.17) is 11.6 Å². The molecule has 0 heterocycles. The maximum absolute atomic E-state index is 12.9. The molecule has 7 heteroatoms. The quantitative estimate of drug-likeness (QED) is 0.421. The highest BCUT2D eigenvalue weighted by Gasteiger charge is 2.20. The third-order valence-electron chi connectivity index (χ3n) is 4.07. The van der Waals surface area contributed by atoms with Gasteiger partial charge in [-0.05, 0) is 36.4 Å². The van der Waals surface area contributed by atoms with E-state index >= 15 is 0 Å². The van der Waals surface area contributed by atoms with E-state index in [1.165, 1.54) is 36.0 Å². The fourth-order valence-electron chi connectivity index (χ4n) is 2.72. The van der Waals surface area contributed by atoms with Crippen molar-refractivity contribution in [3.63, 3.8) is 0 Å². The van der Waals surface area contributed by atoms with Crippen LogP contribution in [0.25, 0.3) is 12.2 Å². The number of nitrogens with one attached hydrogen (secondary N) is 1. The first-order valence-electron chi connectivity index (χ1n) is 8.52. The molecule has 0 radical (unpaired) electrons. The molecule has 0 spiro atoms. The summed E-state index contributed by atoms with van der Waals surface area (Å²) in [5.74, 6) is 0.00876. The maximum atomic E-state index is 12.9. The zero-order chi connectivity index (χ0) is 21.0. The van der Waals surface area contributed by atoms with E-state index in [0.717, 1.165) is 4.90 Å². The highest BCUT2D eigenvalue weighted by atomic mass is 35.5. The molecule has 0 aliphatic rings. The molecule has 0 amide bonds. The summed E-state index contributed by atoms with van der Waals surface area (Å²) >= 11 is 7.25. The average molecular weight is 444 g/mol. The summed E-state index contributed by atoms with van der Waals surface area (Å²) in [6, 6.07) is 17.0. The van der Waals surface area contributed by atoms with Crippen LogP contribution in [-0.2, 0) is 10.0 Å². The Hall–Kier alpha value is -2.67. The SMILES string of the molecule is C=Cc1c(NS(=O)(=O)c2cccc(Cl)c2)cc(Sc2ccccc2)c(O)c1C=C. The lowest BCUT2D eigenvalue weighted by Crippen LogP contribution is -2.14. The Morgan fingerprint density at radius 3 is 2.28 bits per heavy atom. The number of hydrogen-bond acceptors (Lipinski definition) is 4. The molecule has 3 aromatic carbocycles. The van der Waals surface area contributed by atoms with Crippen molar-refractivity contribution in [1.82, 2.24) is 0 Å². The van der Waals surface area contributed by atoms with E-state index in [9.17, 15) is 13.5 Å². The largest absolute Gasteiger partial charge is 0.506 e. The van der Waals surface area contributed by atoms with Gasteiger partial charge in [0.15, 0.2) is 0 Å². The Morgan fingerprint density at radius 2 is 1.66 bits per heavy atom. The van der Waals surface area contributed by atoms with Gasteiger partial charge in [0.1, 0.15) is 5.75 Å². The van der Waals surface area contributed by atoms with Gasteiger partial charge in [-0.2, -0.15) is 0 Å². The van der Waals surface area contributed by atoms with E-state index in [2.05, 4.69) is 17.9 Å². The lowest BCUT2D eigenvalue weighted by molar-refractivity contribution is 0.461. The minimum absolute atomic E-state index is 0.00876. The average Bonchev–Trinajstić information content (AvgIpc) is 2.70. The summed E-state index contributed by atoms with van der Waals surface area (Å²) in [4.78, 5) is 1.42. The lowest BCUT2D eigenvalue weighted by atomic mass is 10.0. The maximum Gasteiger partial charge on any atom is 0.261 e. The van der Waals surface area contributed by atoms with Crippen LogP contribution in [0.15, 0.2) is 88.5 Å². The van der Waals surface area contributed by atoms with Crippen LogP contribution in [0.2, 0.25) is 5.02 Å². The summed E-state index contributed by atoms with van der Waals surface area (Å²) in [5.41, 5.74) is 1.11. The molecule has 0 atom stereocenters. The first kappa shape index (κ1) is 21.0. The van der Waals surface area contributed by atoms with Crippen LogP contribution in [0.3, 0.4) is 0 Å². The van der Waals surface area contributed by atoms with Crippen LogP contribution in [0.4, 0.5) is 5.69 Å². The number of phenolic OH excluding ortho intramolecular Hbond substituents is 1. The predicted molar refractivity (Wildman–Crippen MR) is 121 cm³/mol. The third kappa shape index (κ3) is 4.67. The van der Waals surface area contributed by atoms with Crippen molar-refractivity contribution in [3.05, 3.63) is 90.0 Å². The van der Waals surface area contributed by atoms with Crippen LogP contribution < -0.4 is 4.72 Å². The summed E-state index contributed by atoms with van der Waals surface area (Å²) < 4.78 is 28.3. The van der Waals surface area contributed by atoms with Gasteiger partial charge < -0.3 is 5.11 Å². The van der Waals surface area contributed by atoms with Crippen molar-refractivity contribution in [2.45, 2.75) is 14.7 Å². The van der Waals surface area contributed by atoms with Gasteiger partial charge >= 0.3 is 0 Å². The molecule has 0 unspecified atom stereocenters. The molecular formula is C22H18ClNO3S2. The fraction of sp³-hybridized carbons (Fsp3) is 0. The van der Waals surface area contributed by atoms with Crippen LogP contribution in [0.5, 0.6) is 5.75 Å². The van der Waals surface area contributed by atoms with E-state index in [1.54, 1.807) is 18.2 Å². The molecule has 0 bridgehead atoms. The number of phenols is 1. The molecule has 0 aliphatic heterocycles. The number of sulfonamides is 1. The highest BCUT2D eigenvalue weighted by Crippen LogP contribution is 2.42. The highest BCUT2D eigenvalue weighted by molar-refractivity contribution is 7.99. The second-order valence-corrected chi connectivity index (χ2v) is 9.22. The Labute approximate surface area is 179 Å². The molecule has 148 valence electrons. The van der Waals surface area contributed by atoms with Crippen molar-refractivity contribution in [2.24, 2.45) is 0 Å². The molecular weight excluding hydrogens is 426 g/mol. The summed E-state index contributed by atoms with van der Waals surface area (Å²) in [5, 5.41) is 11.0. The Bertz CT molecular complexity index is 1180. The van der Waals surface area contributed by atoms with Crippen LogP contribution in [-0.4, -0.2) is 13.5 Å². The van der Waals surface area contributed by atoms with E-state index < -0.39 is 10.0 Å². The van der Waals surface area contributed by atoms with Gasteiger partial charge in [0.2, 0.25) is 0 Å². The monoisotopic (exact) mass is 443 g/mol. The van der Waals surface area contributed by atoms with Crippen molar-refractivity contribution in [3.8, 4) is 5.75 Å². The van der Waals surface area contributed by atoms with Crippen LogP contribution in [0.1, 0.15) is 11.1 Å². The molecule has 0 fully saturated rings. The number of rotatable bonds is 7. The van der Waals surface area contributed by atoms with Crippen molar-refractivity contribution in [2.75, 3.05) is 4.72 Å². The Morgan fingerprint density at radius 1 is 0.966 bits per heavy atom. The van der Waals surface area contributed by atoms with Crippen LogP contribution in [0, 0.1) is 0 Å². The summed E-state index contributed by atoms with van der Waals surface area (Å²) in [6.07, 6.45) is 2.95. The first-order chi connectivity index (χ1) is 13.9. The lowest BCUT2D eigenvalue weighted by Gasteiger charge is -2.17. The van der Waals surface area contributed by atoms with Gasteiger partial charge in [-0.3, -0.25) is 4.72 Å². The number of anilines is 1. The molecule has 3 rings (SSSR count). The third-order valence-corrected chi connectivity index (χ3v) is 6.71. The molecule has 0 saturated heterocycles. The molecule has 4 nitrogen and oxygen atoms in total. The fourth-order valence-corrected chi connectivity index (χ4v) is 5.03. The van der Waals surface area contributed by atoms with Gasteiger partial charge in [0.05, 0.1) is 15.5 Å². The predicted octanol–water partition coefficient (Wildman–Crippen LogP) is 6.28. The molecule has 0 aromatic heterocycles. The first-order valence-corrected chi connectivity index (χ1v) is 11.2. The molecule has 29 heavy (non-hydrogen) atoms. The van der Waals surface area contributed by atoms with Crippen molar-refractivity contribution in [1.29, 1.82) is 0 Å². The van der Waals surface area contributed by atoms with E-state index in [0.29, 0.717) is 21.0 Å². The number of hydrogen-bond donors (Lipinski definition) is 2. The minimum atomic E-state index is -3.90. The Kier molecular flexibility index (Phi) is 6.37. The van der Waals surface area contributed by atoms with Crippen LogP contribution >= 0.6 is 23.4 Å². The summed E-state index contributed by atoms with van der Waals surface area (Å²) in [6.45, 7) is 7.49. The number of aromatic hydroxyl groups is 1. The smallest absolute Gasteiger partial charge is 0.261 e. The molecule has 3 aromatic rings. The molecule has 0 saturated carbocycles. The molecule has 0 aliphatic carbocycles. The van der Waals surface area contributed by atoms with E-state index in [-0.39, 0.29) is 16.3 Å². The zero-order valence-corrected chi connectivity index (χ0v) is 17.7. The topological polar surface area (TPSA) is 66.4 Å². The Balaban J connectivity index is 2.10. The summed E-state index contributed by atoms with van der Waals surface area (Å²) in [7, 11) is -3.90. The van der Waals surface area contributed by atoms with Crippen molar-refractivity contribution >= 4 is 51.2 Å². The van der Waals surface area contributed by atoms with E-state index in [1.807, 2.05) is 30.3 Å². The minimum Gasteiger partial charge on any atom is -0.506 e. The van der Waals surface area contributed by atoms with Gasteiger partial charge in [-0.15, -0.1) is 0 Å². The zero-order valence-electron chi connectivity index (χ0n) is 15.3. The van der Waals surface area contributed by atoms with Gasteiger partial charge in [0, 0.05) is 21.0 Å². The van der Waals surface area contributed by atoms with Gasteiger partial charge in [-0.1, -0.05) is 72.9 Å². The normalized spacial score (nSPS) is 11.1. The standard InChI is InChI=1S/C22H18ClNO3S2/c1-3-18-19(4-2)22(25)21(28-16-10-6-5-7-11-16)14-20(18)24-29(26,27)17-12-8-9-15(23)13-17/h3-14,24-25H,1-2H2. The number of benzene rings is 3. The molecule has 2 N–H and O–H groups in total. The second kappa shape index (κ2) is 8.78. The van der Waals surface area contributed by atoms with Crippen molar-refractivity contribution < 1.29 is 13.5 Å². The van der Waals surface area contributed by atoms with Gasteiger partial charge in [-0.25, -0.2) is 8.42 Å².